The second kappa shape index (κ2) is 8.87. The number of nitrogens with two attached hydrogens (primary N) is 1. The van der Waals surface area contributed by atoms with Crippen LogP contribution in [0.15, 0.2) is 53.5 Å². The molecule has 2 rings (SSSR count). The van der Waals surface area contributed by atoms with Crippen molar-refractivity contribution in [3.05, 3.63) is 70.8 Å². The zero-order chi connectivity index (χ0) is 18.2. The summed E-state index contributed by atoms with van der Waals surface area (Å²) in [7, 11) is 2.02. The average Bonchev–Trinajstić information content (AvgIpc) is 2.60. The van der Waals surface area contributed by atoms with Crippen LogP contribution in [0.4, 0.5) is 0 Å². The molecule has 132 valence electrons. The number of aliphatic imine (C=N–C) groups is 1. The van der Waals surface area contributed by atoms with E-state index in [1.54, 1.807) is 12.1 Å². The number of aryl methyl sites for hydroxylation is 1. The number of carbonyl (C=O) groups excluding carboxylic acids is 1. The number of benzene rings is 2. The van der Waals surface area contributed by atoms with E-state index >= 15 is 0 Å². The standard InChI is InChI=1S/C20H26N4O/c1-4-22-20(24(3)14-18-10-6-5-8-15(18)2)23-13-16-9-7-11-17(12-16)19(21)25/h5-12H,4,13-14H2,1-3H3,(H2,21,25)(H,22,23). The van der Waals surface area contributed by atoms with Crippen LogP contribution in [0.3, 0.4) is 0 Å². The minimum absolute atomic E-state index is 0.422. The number of rotatable bonds is 6. The predicted molar refractivity (Wildman–Crippen MR) is 102 cm³/mol. The average molecular weight is 338 g/mol. The lowest BCUT2D eigenvalue weighted by Gasteiger charge is -2.23. The summed E-state index contributed by atoms with van der Waals surface area (Å²) in [5, 5.41) is 3.31. The molecule has 0 heterocycles. The Morgan fingerprint density at radius 3 is 2.64 bits per heavy atom. The van der Waals surface area contributed by atoms with Crippen molar-refractivity contribution in [3.8, 4) is 0 Å². The number of hydrogen-bond donors (Lipinski definition) is 2. The van der Waals surface area contributed by atoms with E-state index in [0.717, 1.165) is 24.6 Å². The summed E-state index contributed by atoms with van der Waals surface area (Å²) in [6.07, 6.45) is 0. The molecule has 5 nitrogen and oxygen atoms in total. The molecule has 0 spiro atoms. The van der Waals surface area contributed by atoms with E-state index in [1.165, 1.54) is 11.1 Å². The Kier molecular flexibility index (Phi) is 6.57. The first kappa shape index (κ1) is 18.5. The van der Waals surface area contributed by atoms with Crippen LogP contribution in [0.5, 0.6) is 0 Å². The summed E-state index contributed by atoms with van der Waals surface area (Å²) in [6.45, 7) is 6.22. The van der Waals surface area contributed by atoms with Crippen LogP contribution in [0.1, 0.15) is 34.0 Å². The van der Waals surface area contributed by atoms with Crippen molar-refractivity contribution < 1.29 is 4.79 Å². The fourth-order valence-electron chi connectivity index (χ4n) is 2.58. The predicted octanol–water partition coefficient (Wildman–Crippen LogP) is 2.69. The topological polar surface area (TPSA) is 70.7 Å². The third-order valence-electron chi connectivity index (χ3n) is 3.99. The molecule has 2 aromatic rings. The first-order chi connectivity index (χ1) is 12.0. The summed E-state index contributed by atoms with van der Waals surface area (Å²) < 4.78 is 0. The van der Waals surface area contributed by atoms with Crippen LogP contribution >= 0.6 is 0 Å². The molecule has 0 fully saturated rings. The van der Waals surface area contributed by atoms with Crippen molar-refractivity contribution in [2.24, 2.45) is 10.7 Å². The molecule has 0 atom stereocenters. The van der Waals surface area contributed by atoms with Gasteiger partial charge in [0.2, 0.25) is 5.91 Å². The number of carbonyl (C=O) groups is 1. The van der Waals surface area contributed by atoms with E-state index in [2.05, 4.69) is 40.3 Å². The zero-order valence-electron chi connectivity index (χ0n) is 15.1. The normalized spacial score (nSPS) is 11.2. The lowest BCUT2D eigenvalue weighted by Crippen LogP contribution is -2.38. The Hall–Kier alpha value is -2.82. The molecule has 0 bridgehead atoms. The van der Waals surface area contributed by atoms with Gasteiger partial charge in [-0.3, -0.25) is 4.79 Å². The molecule has 0 aliphatic heterocycles. The van der Waals surface area contributed by atoms with Crippen LogP contribution in [-0.2, 0) is 13.1 Å². The molecule has 5 heteroatoms. The molecule has 1 amide bonds. The molecular weight excluding hydrogens is 312 g/mol. The quantitative estimate of drug-likeness (QED) is 0.628. The molecular formula is C20H26N4O. The van der Waals surface area contributed by atoms with Crippen LogP contribution in [0.2, 0.25) is 0 Å². The Labute approximate surface area is 149 Å². The second-order valence-corrected chi connectivity index (χ2v) is 6.02. The number of amides is 1. The first-order valence-corrected chi connectivity index (χ1v) is 8.44. The van der Waals surface area contributed by atoms with Gasteiger partial charge in [-0.15, -0.1) is 0 Å². The van der Waals surface area contributed by atoms with Gasteiger partial charge >= 0.3 is 0 Å². The van der Waals surface area contributed by atoms with Gasteiger partial charge in [0.25, 0.3) is 0 Å². The van der Waals surface area contributed by atoms with Crippen molar-refractivity contribution in [2.75, 3.05) is 13.6 Å². The van der Waals surface area contributed by atoms with Crippen molar-refractivity contribution in [1.82, 2.24) is 10.2 Å². The van der Waals surface area contributed by atoms with Gasteiger partial charge in [-0.25, -0.2) is 4.99 Å². The number of nitrogens with one attached hydrogen (secondary N) is 1. The van der Waals surface area contributed by atoms with Crippen molar-refractivity contribution in [1.29, 1.82) is 0 Å². The van der Waals surface area contributed by atoms with E-state index in [1.807, 2.05) is 32.2 Å². The van der Waals surface area contributed by atoms with Crippen molar-refractivity contribution in [2.45, 2.75) is 26.9 Å². The van der Waals surface area contributed by atoms with E-state index < -0.39 is 5.91 Å². The van der Waals surface area contributed by atoms with Gasteiger partial charge in [0.05, 0.1) is 6.54 Å². The highest BCUT2D eigenvalue weighted by Crippen LogP contribution is 2.10. The Morgan fingerprint density at radius 2 is 1.96 bits per heavy atom. The van der Waals surface area contributed by atoms with Gasteiger partial charge in [0, 0.05) is 25.7 Å². The molecule has 0 saturated heterocycles. The smallest absolute Gasteiger partial charge is 0.248 e. The zero-order valence-corrected chi connectivity index (χ0v) is 15.1. The Balaban J connectivity index is 2.13. The number of guanidine groups is 1. The van der Waals surface area contributed by atoms with E-state index in [-0.39, 0.29) is 0 Å². The largest absolute Gasteiger partial charge is 0.366 e. The van der Waals surface area contributed by atoms with E-state index in [4.69, 9.17) is 5.73 Å². The number of nitrogens with zero attached hydrogens (tertiary/aromatic N) is 2. The Morgan fingerprint density at radius 1 is 1.20 bits per heavy atom. The van der Waals surface area contributed by atoms with Gasteiger partial charge in [-0.1, -0.05) is 36.4 Å². The van der Waals surface area contributed by atoms with E-state index in [9.17, 15) is 4.79 Å². The highest BCUT2D eigenvalue weighted by Gasteiger charge is 2.08. The molecule has 0 radical (unpaired) electrons. The van der Waals surface area contributed by atoms with Crippen molar-refractivity contribution in [3.63, 3.8) is 0 Å². The molecule has 3 N–H and O–H groups in total. The maximum Gasteiger partial charge on any atom is 0.248 e. The monoisotopic (exact) mass is 338 g/mol. The summed E-state index contributed by atoms with van der Waals surface area (Å²) in [6, 6.07) is 15.6. The lowest BCUT2D eigenvalue weighted by molar-refractivity contribution is 0.1000. The molecule has 0 unspecified atom stereocenters. The van der Waals surface area contributed by atoms with Gasteiger partial charge in [-0.2, -0.15) is 0 Å². The highest BCUT2D eigenvalue weighted by molar-refractivity contribution is 5.92. The molecule has 2 aromatic carbocycles. The molecule has 0 saturated carbocycles. The highest BCUT2D eigenvalue weighted by atomic mass is 16.1. The summed E-state index contributed by atoms with van der Waals surface area (Å²) in [5.41, 5.74) is 9.33. The van der Waals surface area contributed by atoms with Gasteiger partial charge < -0.3 is 16.0 Å². The third-order valence-corrected chi connectivity index (χ3v) is 3.99. The summed E-state index contributed by atoms with van der Waals surface area (Å²) in [5.74, 6) is 0.407. The summed E-state index contributed by atoms with van der Waals surface area (Å²) in [4.78, 5) is 18.1. The molecule has 0 aliphatic carbocycles. The van der Waals surface area contributed by atoms with Crippen LogP contribution < -0.4 is 11.1 Å². The van der Waals surface area contributed by atoms with Crippen LogP contribution in [-0.4, -0.2) is 30.4 Å². The fourth-order valence-corrected chi connectivity index (χ4v) is 2.58. The fraction of sp³-hybridized carbons (Fsp3) is 0.300. The minimum atomic E-state index is -0.422. The van der Waals surface area contributed by atoms with Crippen molar-refractivity contribution >= 4 is 11.9 Å². The number of hydrogen-bond acceptors (Lipinski definition) is 2. The molecule has 0 aliphatic rings. The molecule has 25 heavy (non-hydrogen) atoms. The Bertz CT molecular complexity index is 755. The number of primary amides is 1. The van der Waals surface area contributed by atoms with Crippen LogP contribution in [0, 0.1) is 6.92 Å². The lowest BCUT2D eigenvalue weighted by atomic mass is 10.1. The van der Waals surface area contributed by atoms with Crippen LogP contribution in [0.25, 0.3) is 0 Å². The molecule has 0 aromatic heterocycles. The van der Waals surface area contributed by atoms with Gasteiger partial charge in [-0.05, 0) is 42.7 Å². The first-order valence-electron chi connectivity index (χ1n) is 8.44. The minimum Gasteiger partial charge on any atom is -0.366 e. The maximum atomic E-state index is 11.3. The second-order valence-electron chi connectivity index (χ2n) is 6.02. The summed E-state index contributed by atoms with van der Waals surface area (Å²) >= 11 is 0. The third kappa shape index (κ3) is 5.35. The SMILES string of the molecule is CCNC(=NCc1cccc(C(N)=O)c1)N(C)Cc1ccccc1C. The van der Waals surface area contributed by atoms with E-state index in [0.29, 0.717) is 12.1 Å². The van der Waals surface area contributed by atoms with Gasteiger partial charge in [0.15, 0.2) is 5.96 Å². The maximum absolute atomic E-state index is 11.3. The van der Waals surface area contributed by atoms with Gasteiger partial charge in [0.1, 0.15) is 0 Å².